The molecule has 0 saturated heterocycles. The summed E-state index contributed by atoms with van der Waals surface area (Å²) in [6.07, 6.45) is 12.8. The largest absolute Gasteiger partial charge is 2.00 e. The maximum atomic E-state index is 12.5. The van der Waals surface area contributed by atoms with E-state index in [1.54, 1.807) is 12.1 Å². The van der Waals surface area contributed by atoms with Gasteiger partial charge in [-0.3, -0.25) is 4.98 Å². The van der Waals surface area contributed by atoms with Crippen molar-refractivity contribution in [1.29, 1.82) is 0 Å². The van der Waals surface area contributed by atoms with Crippen molar-refractivity contribution in [2.75, 3.05) is 7.11 Å². The molecule has 4 aliphatic rings. The van der Waals surface area contributed by atoms with Crippen LogP contribution in [0.4, 0.5) is 0 Å². The molecule has 2 aromatic carbocycles. The summed E-state index contributed by atoms with van der Waals surface area (Å²) < 4.78 is 6.90. The third-order valence-electron chi connectivity index (χ3n) is 12.7. The molecule has 6 aromatic heterocycles. The van der Waals surface area contributed by atoms with Crippen LogP contribution in [0.3, 0.4) is 0 Å². The zero-order valence-electron chi connectivity index (χ0n) is 39.3. The second kappa shape index (κ2) is 18.8. The molecule has 12 rings (SSSR count). The summed E-state index contributed by atoms with van der Waals surface area (Å²) in [5.74, 6) is 6.53. The fourth-order valence-electron chi connectivity index (χ4n) is 9.13. The minimum absolute atomic E-state index is 0. The summed E-state index contributed by atoms with van der Waals surface area (Å²) in [7, 11) is 5.67. The van der Waals surface area contributed by atoms with Gasteiger partial charge in [0, 0.05) is 60.9 Å². The number of rotatable bonds is 3. The Morgan fingerprint density at radius 1 is 0.592 bits per heavy atom. The van der Waals surface area contributed by atoms with E-state index in [1.165, 1.54) is 7.11 Å². The number of hydrogen-bond donors (Lipinski definition) is 0. The first kappa shape index (κ1) is 46.8. The van der Waals surface area contributed by atoms with Gasteiger partial charge in [-0.1, -0.05) is 141 Å². The van der Waals surface area contributed by atoms with Crippen molar-refractivity contribution >= 4 is 86.6 Å². The molecule has 0 amide bonds. The van der Waals surface area contributed by atoms with Gasteiger partial charge in [-0.25, -0.2) is 14.8 Å². The van der Waals surface area contributed by atoms with Crippen LogP contribution in [0.25, 0.3) is 103 Å². The molecule has 4 aliphatic heterocycles. The van der Waals surface area contributed by atoms with E-state index in [9.17, 15) is 4.79 Å². The average molecular weight is 1020 g/mol. The van der Waals surface area contributed by atoms with Crippen molar-refractivity contribution in [3.05, 3.63) is 197 Å². The maximum Gasteiger partial charge on any atom is 2.00 e. The second-order valence-electron chi connectivity index (χ2n) is 18.0. The van der Waals surface area contributed by atoms with Gasteiger partial charge < -0.3 is 29.2 Å². The van der Waals surface area contributed by atoms with Crippen molar-refractivity contribution < 1.29 is 53.1 Å². The van der Waals surface area contributed by atoms with Crippen molar-refractivity contribution in [2.24, 2.45) is 0 Å². The van der Waals surface area contributed by atoms with Gasteiger partial charge in [0.1, 0.15) is 11.4 Å². The molecule has 0 radical (unpaired) electrons. The van der Waals surface area contributed by atoms with Gasteiger partial charge in [0.05, 0.1) is 35.4 Å². The van der Waals surface area contributed by atoms with Crippen LogP contribution in [-0.4, -0.2) is 28.0 Å². The molecule has 0 spiro atoms. The maximum absolute atomic E-state index is 12.5. The Balaban J connectivity index is 0.00000291. The first-order chi connectivity index (χ1) is 33.6. The van der Waals surface area contributed by atoms with E-state index in [0.29, 0.717) is 16.6 Å². The predicted molar refractivity (Wildman–Crippen MR) is 273 cm³/mol. The Bertz CT molecular complexity index is 3990. The van der Waals surface area contributed by atoms with Crippen LogP contribution >= 0.6 is 0 Å². The van der Waals surface area contributed by atoms with Gasteiger partial charge in [0.25, 0.3) is 0 Å². The molecule has 0 saturated carbocycles. The number of benzene rings is 2. The van der Waals surface area contributed by atoms with Crippen molar-refractivity contribution in [1.82, 2.24) is 34.9 Å². The molecule has 0 N–H and O–H groups in total. The SMILES string of the molecule is [CH2-][n+]1c2cc3ccc(cc4nc(c(-c5ccc(C#Cc6cc7[n-]c6cc6nc(cc8ccc(cc9nc(c7-c7ccc(C(=O)OC)cc7)C=C9)[n-]8)C(C)(C)C6)cc5)c5ccc(cc1C=C2)[n-]5)C=C4)[n-]3.[Zn+2].[Zn]. The Kier molecular flexibility index (Phi) is 12.3. The number of esters is 1. The fourth-order valence-corrected chi connectivity index (χ4v) is 9.13. The first-order valence-corrected chi connectivity index (χ1v) is 22.6. The van der Waals surface area contributed by atoms with Gasteiger partial charge in [-0.15, -0.1) is 44.1 Å². The molecule has 0 atom stereocenters. The van der Waals surface area contributed by atoms with E-state index in [4.69, 9.17) is 39.6 Å². The van der Waals surface area contributed by atoms with Crippen molar-refractivity contribution in [3.63, 3.8) is 0 Å². The number of methoxy groups -OCH3 is 1. The molecule has 71 heavy (non-hydrogen) atoms. The van der Waals surface area contributed by atoms with Gasteiger partial charge in [-0.05, 0) is 70.8 Å². The average Bonchev–Trinajstić information content (AvgIpc) is 4.22. The summed E-state index contributed by atoms with van der Waals surface area (Å²) in [6, 6.07) is 41.7. The van der Waals surface area contributed by atoms with Crippen LogP contribution in [0, 0.1) is 18.9 Å². The topological polar surface area (TPSA) is 125 Å². The minimum atomic E-state index is -0.410. The molecule has 0 aliphatic carbocycles. The summed E-state index contributed by atoms with van der Waals surface area (Å²) in [5, 5.41) is 0. The monoisotopic (exact) mass is 1020 g/mol. The zero-order valence-corrected chi connectivity index (χ0v) is 45.2. The molecule has 10 heterocycles. The minimum Gasteiger partial charge on any atom is -0.658 e. The summed E-state index contributed by atoms with van der Waals surface area (Å²) in [5.41, 5.74) is 18.4. The number of ether oxygens (including phenoxy) is 1. The molecule has 12 heteroatoms. The molecular weight excluding hydrogens is 983 g/mol. The Labute approximate surface area is 435 Å². The van der Waals surface area contributed by atoms with Crippen LogP contribution < -0.4 is 24.5 Å². The number of aromatic nitrogens is 8. The first-order valence-electron chi connectivity index (χ1n) is 22.6. The Morgan fingerprint density at radius 3 is 1.76 bits per heavy atom. The van der Waals surface area contributed by atoms with Crippen LogP contribution in [0.5, 0.6) is 0 Å². The van der Waals surface area contributed by atoms with Crippen LogP contribution in [-0.2, 0) is 55.5 Å². The molecular formula is C59H40N8O2Zn2-2. The second-order valence-corrected chi connectivity index (χ2v) is 18.0. The van der Waals surface area contributed by atoms with Crippen LogP contribution in [0.1, 0.15) is 80.9 Å². The summed E-state index contributed by atoms with van der Waals surface area (Å²) in [6.45, 7) is 4.40. The number of nitrogens with zero attached hydrogens (tertiary/aromatic N) is 8. The number of hydrogen-bond acceptors (Lipinski definition) is 5. The molecule has 0 unspecified atom stereocenters. The van der Waals surface area contributed by atoms with E-state index < -0.39 is 5.97 Å². The summed E-state index contributed by atoms with van der Waals surface area (Å²) >= 11 is 0. The van der Waals surface area contributed by atoms with Gasteiger partial charge in [0.15, 0.2) is 0 Å². The van der Waals surface area contributed by atoms with Crippen molar-refractivity contribution in [3.8, 4) is 34.1 Å². The standard InChI is InChI=1S/C59H41N8O2.2Zn/c1-59(2)34-47-32-53-39(27-54(66-53)57(37-11-13-38(14-12-37)58(68)69-4)52-25-20-43(63-52)29-41-16-18-46(61-41)33-55(59)65-47)10-7-35-5-8-36(9-6-35)56-50-24-19-42(62-50)28-40-15-17-44(60-40)30-48-22-23-49(67(48)3)31-45-21-26-51(56)64-45;;/h5-6,8-9,11-33H,3,34H2,1-2,4H3,(H-3,60,61,62,63,64,65,66,68);;/q-3;;+2/p-1. The van der Waals surface area contributed by atoms with Gasteiger partial charge in [0.2, 0.25) is 0 Å². The third kappa shape index (κ3) is 9.19. The molecule has 8 aromatic rings. The van der Waals surface area contributed by atoms with E-state index in [2.05, 4.69) is 50.9 Å². The van der Waals surface area contributed by atoms with Gasteiger partial charge in [-0.2, -0.15) is 0 Å². The zero-order chi connectivity index (χ0) is 46.8. The van der Waals surface area contributed by atoms with Gasteiger partial charge >= 0.3 is 25.4 Å². The number of carbonyl (C=O) groups is 1. The summed E-state index contributed by atoms with van der Waals surface area (Å²) in [4.78, 5) is 47.8. The number of carbonyl (C=O) groups excluding carboxylic acids is 1. The van der Waals surface area contributed by atoms with E-state index in [0.717, 1.165) is 118 Å². The molecule has 10 nitrogen and oxygen atoms in total. The fraction of sp³-hybridized carbons (Fsp3) is 0.0847. The van der Waals surface area contributed by atoms with E-state index >= 15 is 0 Å². The quantitative estimate of drug-likeness (QED) is 0.0559. The Hall–Kier alpha value is -7.95. The third-order valence-corrected chi connectivity index (χ3v) is 12.7. The van der Waals surface area contributed by atoms with Crippen LogP contribution in [0.15, 0.2) is 127 Å². The Morgan fingerprint density at radius 2 is 1.14 bits per heavy atom. The van der Waals surface area contributed by atoms with E-state index in [-0.39, 0.29) is 44.4 Å². The normalized spacial score (nSPS) is 12.9. The van der Waals surface area contributed by atoms with Crippen LogP contribution in [0.2, 0.25) is 0 Å². The molecule has 334 valence electrons. The van der Waals surface area contributed by atoms with Crippen molar-refractivity contribution in [2.45, 2.75) is 25.7 Å². The smallest absolute Gasteiger partial charge is 0.658 e. The molecule has 0 fully saturated rings. The molecule has 16 bridgehead atoms. The van der Waals surface area contributed by atoms with E-state index in [1.807, 2.05) is 138 Å². The predicted octanol–water partition coefficient (Wildman–Crippen LogP) is 10.5. The number of fused-ring (bicyclic) bond motifs is 16.